The molecule has 1 aliphatic heterocycles. The molecule has 0 radical (unpaired) electrons. The molecule has 6 nitrogen and oxygen atoms in total. The minimum Gasteiger partial charge on any atom is -0.368 e. The average molecular weight is 380 g/mol. The van der Waals surface area contributed by atoms with Crippen molar-refractivity contribution in [2.24, 2.45) is 5.92 Å². The third kappa shape index (κ3) is 4.50. The van der Waals surface area contributed by atoms with Crippen molar-refractivity contribution >= 4 is 17.5 Å². The fourth-order valence-corrected chi connectivity index (χ4v) is 4.07. The van der Waals surface area contributed by atoms with Gasteiger partial charge in [0.05, 0.1) is 18.8 Å². The number of carbonyl (C=O) groups excluding carboxylic acids is 1. The Morgan fingerprint density at radius 3 is 2.86 bits per heavy atom. The molecule has 1 N–H and O–H groups in total. The molecule has 2 aromatic heterocycles. The van der Waals surface area contributed by atoms with Gasteiger partial charge in [0.25, 0.3) is 0 Å². The SMILES string of the molecule is Cc1ccnc(Nc2cccc(C3CN(C(=O)C4CCCCC4)CCO3)n2)c1. The number of hydrogen-bond donors (Lipinski definition) is 1. The van der Waals surface area contributed by atoms with Crippen molar-refractivity contribution in [2.45, 2.75) is 45.1 Å². The number of pyridine rings is 2. The Kier molecular flexibility index (Phi) is 5.86. The number of morpholine rings is 1. The predicted molar refractivity (Wildman–Crippen MR) is 108 cm³/mol. The Bertz CT molecular complexity index is 820. The van der Waals surface area contributed by atoms with E-state index in [2.05, 4.69) is 10.3 Å². The van der Waals surface area contributed by atoms with E-state index in [1.807, 2.05) is 42.2 Å². The fraction of sp³-hybridized carbons (Fsp3) is 0.500. The number of aryl methyl sites for hydroxylation is 1. The van der Waals surface area contributed by atoms with E-state index >= 15 is 0 Å². The van der Waals surface area contributed by atoms with Crippen molar-refractivity contribution in [2.75, 3.05) is 25.0 Å². The summed E-state index contributed by atoms with van der Waals surface area (Å²) in [5.41, 5.74) is 1.99. The Morgan fingerprint density at radius 2 is 2.04 bits per heavy atom. The maximum atomic E-state index is 12.9. The summed E-state index contributed by atoms with van der Waals surface area (Å²) in [6, 6.07) is 9.79. The van der Waals surface area contributed by atoms with E-state index in [0.717, 1.165) is 35.7 Å². The number of ether oxygens (including phenoxy) is 1. The van der Waals surface area contributed by atoms with E-state index in [4.69, 9.17) is 9.72 Å². The normalized spacial score (nSPS) is 20.8. The summed E-state index contributed by atoms with van der Waals surface area (Å²) in [4.78, 5) is 23.9. The van der Waals surface area contributed by atoms with E-state index in [9.17, 15) is 4.79 Å². The van der Waals surface area contributed by atoms with Crippen molar-refractivity contribution < 1.29 is 9.53 Å². The number of hydrogen-bond acceptors (Lipinski definition) is 5. The molecule has 1 saturated carbocycles. The van der Waals surface area contributed by atoms with Crippen LogP contribution < -0.4 is 5.32 Å². The van der Waals surface area contributed by atoms with Crippen molar-refractivity contribution in [1.82, 2.24) is 14.9 Å². The number of nitrogens with zero attached hydrogens (tertiary/aromatic N) is 3. The van der Waals surface area contributed by atoms with Crippen LogP contribution >= 0.6 is 0 Å². The smallest absolute Gasteiger partial charge is 0.225 e. The zero-order valence-electron chi connectivity index (χ0n) is 16.4. The fourth-order valence-electron chi connectivity index (χ4n) is 4.07. The third-order valence-corrected chi connectivity index (χ3v) is 5.60. The highest BCUT2D eigenvalue weighted by atomic mass is 16.5. The van der Waals surface area contributed by atoms with Crippen molar-refractivity contribution in [3.63, 3.8) is 0 Å². The molecule has 28 heavy (non-hydrogen) atoms. The van der Waals surface area contributed by atoms with Crippen molar-refractivity contribution in [3.8, 4) is 0 Å². The van der Waals surface area contributed by atoms with Gasteiger partial charge >= 0.3 is 0 Å². The Hall–Kier alpha value is -2.47. The van der Waals surface area contributed by atoms with Crippen molar-refractivity contribution in [1.29, 1.82) is 0 Å². The van der Waals surface area contributed by atoms with E-state index in [1.54, 1.807) is 6.20 Å². The van der Waals surface area contributed by atoms with Crippen LogP contribution in [0.2, 0.25) is 0 Å². The molecule has 4 rings (SSSR count). The maximum Gasteiger partial charge on any atom is 0.225 e. The number of amides is 1. The molecular weight excluding hydrogens is 352 g/mol. The van der Waals surface area contributed by atoms with Crippen molar-refractivity contribution in [3.05, 3.63) is 47.8 Å². The highest BCUT2D eigenvalue weighted by molar-refractivity contribution is 5.79. The molecule has 0 bridgehead atoms. The first-order valence-corrected chi connectivity index (χ1v) is 10.3. The van der Waals surface area contributed by atoms with Gasteiger partial charge in [0.15, 0.2) is 0 Å². The van der Waals surface area contributed by atoms with E-state index < -0.39 is 0 Å². The standard InChI is InChI=1S/C22H28N4O2/c1-16-10-11-23-21(14-16)25-20-9-5-8-18(24-20)19-15-26(12-13-28-19)22(27)17-6-3-2-4-7-17/h5,8-11,14,17,19H,2-4,6-7,12-13,15H2,1H3,(H,23,24,25). The largest absolute Gasteiger partial charge is 0.368 e. The number of aromatic nitrogens is 2. The summed E-state index contributed by atoms with van der Waals surface area (Å²) in [7, 11) is 0. The lowest BCUT2D eigenvalue weighted by Crippen LogP contribution is -2.45. The van der Waals surface area contributed by atoms with E-state index in [-0.39, 0.29) is 12.0 Å². The summed E-state index contributed by atoms with van der Waals surface area (Å²) >= 11 is 0. The molecule has 1 atom stereocenters. The van der Waals surface area contributed by atoms with Gasteiger partial charge in [0, 0.05) is 18.7 Å². The first-order chi connectivity index (χ1) is 13.7. The molecular formula is C22H28N4O2. The maximum absolute atomic E-state index is 12.9. The second-order valence-corrected chi connectivity index (χ2v) is 7.77. The molecule has 1 amide bonds. The van der Waals surface area contributed by atoms with E-state index in [0.29, 0.717) is 25.6 Å². The lowest BCUT2D eigenvalue weighted by atomic mass is 9.88. The third-order valence-electron chi connectivity index (χ3n) is 5.60. The molecule has 2 aromatic rings. The van der Waals surface area contributed by atoms with Crippen LogP contribution in [0, 0.1) is 12.8 Å². The van der Waals surface area contributed by atoms with Crippen LogP contribution in [0.4, 0.5) is 11.6 Å². The van der Waals surface area contributed by atoms with Gasteiger partial charge in [-0.25, -0.2) is 9.97 Å². The quantitative estimate of drug-likeness (QED) is 0.868. The molecule has 3 heterocycles. The van der Waals surface area contributed by atoms with Crippen LogP contribution in [0.5, 0.6) is 0 Å². The van der Waals surface area contributed by atoms with Gasteiger partial charge in [-0.1, -0.05) is 25.3 Å². The lowest BCUT2D eigenvalue weighted by molar-refractivity contribution is -0.144. The van der Waals surface area contributed by atoms with Gasteiger partial charge < -0.3 is 15.0 Å². The highest BCUT2D eigenvalue weighted by Gasteiger charge is 2.31. The number of carbonyl (C=O) groups is 1. The summed E-state index contributed by atoms with van der Waals surface area (Å²) in [5, 5.41) is 3.25. The molecule has 2 aliphatic rings. The van der Waals surface area contributed by atoms with Crippen LogP contribution in [0.1, 0.15) is 49.5 Å². The predicted octanol–water partition coefficient (Wildman–Crippen LogP) is 4.01. The van der Waals surface area contributed by atoms with Gasteiger partial charge in [-0.3, -0.25) is 4.79 Å². The van der Waals surface area contributed by atoms with Gasteiger partial charge in [0.1, 0.15) is 17.7 Å². The molecule has 1 aliphatic carbocycles. The van der Waals surface area contributed by atoms with Gasteiger partial charge in [0.2, 0.25) is 5.91 Å². The Morgan fingerprint density at radius 1 is 1.18 bits per heavy atom. The van der Waals surface area contributed by atoms with Gasteiger partial charge in [-0.2, -0.15) is 0 Å². The highest BCUT2D eigenvalue weighted by Crippen LogP contribution is 2.28. The molecule has 0 aromatic carbocycles. The second-order valence-electron chi connectivity index (χ2n) is 7.77. The van der Waals surface area contributed by atoms with E-state index in [1.165, 1.54) is 19.3 Å². The topological polar surface area (TPSA) is 67.4 Å². The summed E-state index contributed by atoms with van der Waals surface area (Å²) < 4.78 is 5.96. The van der Waals surface area contributed by atoms with Crippen LogP contribution in [-0.4, -0.2) is 40.5 Å². The van der Waals surface area contributed by atoms with Gasteiger partial charge in [-0.05, 0) is 49.6 Å². The summed E-state index contributed by atoms with van der Waals surface area (Å²) in [6.45, 7) is 3.85. The minimum atomic E-state index is -0.187. The Balaban J connectivity index is 1.44. The Labute approximate surface area is 166 Å². The zero-order valence-corrected chi connectivity index (χ0v) is 16.4. The van der Waals surface area contributed by atoms with Crippen LogP contribution in [-0.2, 0) is 9.53 Å². The zero-order chi connectivity index (χ0) is 19.3. The summed E-state index contributed by atoms with van der Waals surface area (Å²) in [6.07, 6.45) is 7.26. The number of anilines is 2. The first-order valence-electron chi connectivity index (χ1n) is 10.3. The lowest BCUT2D eigenvalue weighted by Gasteiger charge is -2.35. The van der Waals surface area contributed by atoms with Crippen LogP contribution in [0.25, 0.3) is 0 Å². The molecule has 0 spiro atoms. The minimum absolute atomic E-state index is 0.187. The summed E-state index contributed by atoms with van der Waals surface area (Å²) in [5.74, 6) is 1.99. The molecule has 1 saturated heterocycles. The molecule has 148 valence electrons. The molecule has 1 unspecified atom stereocenters. The van der Waals surface area contributed by atoms with Crippen LogP contribution in [0.15, 0.2) is 36.5 Å². The average Bonchev–Trinajstić information content (AvgIpc) is 2.74. The number of rotatable bonds is 4. The first kappa shape index (κ1) is 18.9. The number of nitrogens with one attached hydrogen (secondary N) is 1. The second kappa shape index (κ2) is 8.69. The monoisotopic (exact) mass is 380 g/mol. The van der Waals surface area contributed by atoms with Gasteiger partial charge in [-0.15, -0.1) is 0 Å². The molecule has 2 fully saturated rings. The van der Waals surface area contributed by atoms with Crippen LogP contribution in [0.3, 0.4) is 0 Å². The molecule has 6 heteroatoms.